The summed E-state index contributed by atoms with van der Waals surface area (Å²) in [5.41, 5.74) is 9.30. The second-order valence-corrected chi connectivity index (χ2v) is 5.51. The standard InChI is InChI=1S/C18H24N4.HI/c1-14-9-11-16(12-10-14)21-18(19)20-13-15(2)22(3)17-7-5-4-6-8-17;/h4-12,15H,13H2,1-3H3,(H3,19,20,21);1H. The summed E-state index contributed by atoms with van der Waals surface area (Å²) in [6.45, 7) is 4.83. The molecule has 0 bridgehead atoms. The number of halogens is 1. The van der Waals surface area contributed by atoms with Crippen molar-refractivity contribution < 1.29 is 0 Å². The van der Waals surface area contributed by atoms with Gasteiger partial charge in [-0.05, 0) is 38.1 Å². The molecule has 3 N–H and O–H groups in total. The number of aryl methyl sites for hydroxylation is 1. The minimum Gasteiger partial charge on any atom is -0.370 e. The average molecular weight is 424 g/mol. The zero-order chi connectivity index (χ0) is 15.9. The van der Waals surface area contributed by atoms with Gasteiger partial charge >= 0.3 is 0 Å². The van der Waals surface area contributed by atoms with Gasteiger partial charge in [-0.1, -0.05) is 35.9 Å². The van der Waals surface area contributed by atoms with E-state index in [1.54, 1.807) is 0 Å². The van der Waals surface area contributed by atoms with Gasteiger partial charge in [-0.3, -0.25) is 4.99 Å². The topological polar surface area (TPSA) is 53.6 Å². The fourth-order valence-corrected chi connectivity index (χ4v) is 2.09. The van der Waals surface area contributed by atoms with E-state index in [0.29, 0.717) is 12.5 Å². The van der Waals surface area contributed by atoms with E-state index in [1.807, 2.05) is 42.5 Å². The molecular formula is C18H25IN4. The number of nitrogens with zero attached hydrogens (tertiary/aromatic N) is 2. The van der Waals surface area contributed by atoms with Gasteiger partial charge in [-0.25, -0.2) is 0 Å². The molecule has 0 heterocycles. The Morgan fingerprint density at radius 2 is 1.74 bits per heavy atom. The van der Waals surface area contributed by atoms with Crippen LogP contribution in [0.1, 0.15) is 12.5 Å². The third-order valence-electron chi connectivity index (χ3n) is 3.67. The lowest BCUT2D eigenvalue weighted by Crippen LogP contribution is -2.33. The number of para-hydroxylation sites is 1. The summed E-state index contributed by atoms with van der Waals surface area (Å²) in [6, 6.07) is 18.6. The lowest BCUT2D eigenvalue weighted by atomic mass is 10.2. The molecule has 23 heavy (non-hydrogen) atoms. The monoisotopic (exact) mass is 424 g/mol. The molecule has 2 rings (SSSR count). The van der Waals surface area contributed by atoms with Crippen molar-refractivity contribution in [1.82, 2.24) is 0 Å². The van der Waals surface area contributed by atoms with Crippen molar-refractivity contribution in [3.63, 3.8) is 0 Å². The van der Waals surface area contributed by atoms with Crippen LogP contribution < -0.4 is 16.0 Å². The minimum absolute atomic E-state index is 0. The number of nitrogens with one attached hydrogen (secondary N) is 1. The number of hydrogen-bond acceptors (Lipinski definition) is 2. The van der Waals surface area contributed by atoms with Gasteiger partial charge in [0.2, 0.25) is 0 Å². The summed E-state index contributed by atoms with van der Waals surface area (Å²) in [5, 5.41) is 3.11. The lowest BCUT2D eigenvalue weighted by Gasteiger charge is -2.25. The van der Waals surface area contributed by atoms with Crippen LogP contribution in [0.3, 0.4) is 0 Å². The van der Waals surface area contributed by atoms with Gasteiger partial charge in [0.1, 0.15) is 0 Å². The maximum absolute atomic E-state index is 5.95. The fourth-order valence-electron chi connectivity index (χ4n) is 2.09. The summed E-state index contributed by atoms with van der Waals surface area (Å²) >= 11 is 0. The maximum Gasteiger partial charge on any atom is 0.193 e. The Kier molecular flexibility index (Phi) is 7.88. The van der Waals surface area contributed by atoms with Crippen LogP contribution in [0.2, 0.25) is 0 Å². The molecule has 0 amide bonds. The van der Waals surface area contributed by atoms with Crippen LogP contribution in [0.25, 0.3) is 0 Å². The molecule has 0 radical (unpaired) electrons. The van der Waals surface area contributed by atoms with Crippen molar-refractivity contribution in [3.05, 3.63) is 60.2 Å². The summed E-state index contributed by atoms with van der Waals surface area (Å²) in [5.74, 6) is 0.442. The highest BCUT2D eigenvalue weighted by molar-refractivity contribution is 14.0. The Bertz CT molecular complexity index is 611. The summed E-state index contributed by atoms with van der Waals surface area (Å²) in [7, 11) is 2.07. The smallest absolute Gasteiger partial charge is 0.193 e. The number of nitrogens with two attached hydrogens (primary N) is 1. The normalized spacial score (nSPS) is 12.2. The molecular weight excluding hydrogens is 399 g/mol. The van der Waals surface area contributed by atoms with E-state index < -0.39 is 0 Å². The van der Waals surface area contributed by atoms with Gasteiger partial charge in [-0.2, -0.15) is 0 Å². The first-order chi connectivity index (χ1) is 10.6. The first-order valence-corrected chi connectivity index (χ1v) is 7.48. The third kappa shape index (κ3) is 6.09. The van der Waals surface area contributed by atoms with Gasteiger partial charge in [0.15, 0.2) is 5.96 Å². The number of anilines is 2. The second-order valence-electron chi connectivity index (χ2n) is 5.51. The molecule has 0 aliphatic heterocycles. The molecule has 0 spiro atoms. The molecule has 1 atom stereocenters. The Morgan fingerprint density at radius 1 is 1.13 bits per heavy atom. The van der Waals surface area contributed by atoms with Crippen LogP contribution >= 0.6 is 24.0 Å². The maximum atomic E-state index is 5.95. The highest BCUT2D eigenvalue weighted by Crippen LogP contribution is 2.14. The third-order valence-corrected chi connectivity index (χ3v) is 3.67. The van der Waals surface area contributed by atoms with Crippen LogP contribution in [0.15, 0.2) is 59.6 Å². The van der Waals surface area contributed by atoms with Crippen molar-refractivity contribution in [3.8, 4) is 0 Å². The SMILES string of the molecule is Cc1ccc(NC(N)=NCC(C)N(C)c2ccccc2)cc1.I. The largest absolute Gasteiger partial charge is 0.370 e. The summed E-state index contributed by atoms with van der Waals surface area (Å²) in [6.07, 6.45) is 0. The number of benzene rings is 2. The zero-order valence-electron chi connectivity index (χ0n) is 13.9. The van der Waals surface area contributed by atoms with Crippen molar-refractivity contribution in [2.75, 3.05) is 23.8 Å². The molecule has 0 aromatic heterocycles. The molecule has 124 valence electrons. The van der Waals surface area contributed by atoms with E-state index in [9.17, 15) is 0 Å². The van der Waals surface area contributed by atoms with Gasteiger partial charge in [0.25, 0.3) is 0 Å². The van der Waals surface area contributed by atoms with Gasteiger partial charge < -0.3 is 16.0 Å². The highest BCUT2D eigenvalue weighted by atomic mass is 127. The Hall–Kier alpha value is -1.76. The number of likely N-dealkylation sites (N-methyl/N-ethyl adjacent to an activating group) is 1. The Balaban J connectivity index is 0.00000264. The molecule has 0 saturated heterocycles. The average Bonchev–Trinajstić information content (AvgIpc) is 2.55. The van der Waals surface area contributed by atoms with Crippen molar-refractivity contribution in [1.29, 1.82) is 0 Å². The van der Waals surface area contributed by atoms with Crippen molar-refractivity contribution in [2.24, 2.45) is 10.7 Å². The highest BCUT2D eigenvalue weighted by Gasteiger charge is 2.09. The molecule has 2 aromatic rings. The molecule has 4 nitrogen and oxygen atoms in total. The predicted octanol–water partition coefficient (Wildman–Crippen LogP) is 3.86. The van der Waals surface area contributed by atoms with Crippen LogP contribution in [0, 0.1) is 6.92 Å². The molecule has 0 aliphatic carbocycles. The van der Waals surface area contributed by atoms with E-state index >= 15 is 0 Å². The lowest BCUT2D eigenvalue weighted by molar-refractivity contribution is 0.696. The van der Waals surface area contributed by atoms with E-state index in [1.165, 1.54) is 11.3 Å². The van der Waals surface area contributed by atoms with Crippen molar-refractivity contribution >= 4 is 41.3 Å². The first kappa shape index (κ1) is 19.3. The summed E-state index contributed by atoms with van der Waals surface area (Å²) in [4.78, 5) is 6.63. The Morgan fingerprint density at radius 3 is 2.35 bits per heavy atom. The summed E-state index contributed by atoms with van der Waals surface area (Å²) < 4.78 is 0. The van der Waals surface area contributed by atoms with Crippen LogP contribution in [-0.4, -0.2) is 25.6 Å². The van der Waals surface area contributed by atoms with E-state index in [0.717, 1.165) is 5.69 Å². The molecule has 2 aromatic carbocycles. The number of hydrogen-bond donors (Lipinski definition) is 2. The minimum atomic E-state index is 0. The number of aliphatic imine (C=N–C) groups is 1. The predicted molar refractivity (Wildman–Crippen MR) is 111 cm³/mol. The number of rotatable bonds is 5. The van der Waals surface area contributed by atoms with Crippen molar-refractivity contribution in [2.45, 2.75) is 19.9 Å². The van der Waals surface area contributed by atoms with Gasteiger partial charge in [0.05, 0.1) is 6.54 Å². The van der Waals surface area contributed by atoms with Crippen LogP contribution in [0.4, 0.5) is 11.4 Å². The molecule has 0 fully saturated rings. The molecule has 1 unspecified atom stereocenters. The quantitative estimate of drug-likeness (QED) is 0.436. The molecule has 0 saturated carbocycles. The second kappa shape index (κ2) is 9.39. The van der Waals surface area contributed by atoms with Crippen LogP contribution in [-0.2, 0) is 0 Å². The fraction of sp³-hybridized carbons (Fsp3) is 0.278. The van der Waals surface area contributed by atoms with E-state index in [2.05, 4.69) is 48.2 Å². The molecule has 5 heteroatoms. The molecule has 0 aliphatic rings. The van der Waals surface area contributed by atoms with Crippen LogP contribution in [0.5, 0.6) is 0 Å². The Labute approximate surface area is 155 Å². The van der Waals surface area contributed by atoms with E-state index in [-0.39, 0.29) is 30.0 Å². The zero-order valence-corrected chi connectivity index (χ0v) is 16.2. The van der Waals surface area contributed by atoms with Gasteiger partial charge in [-0.15, -0.1) is 24.0 Å². The number of guanidine groups is 1. The van der Waals surface area contributed by atoms with Gasteiger partial charge in [0, 0.05) is 24.5 Å². The van der Waals surface area contributed by atoms with E-state index in [4.69, 9.17) is 5.73 Å². The first-order valence-electron chi connectivity index (χ1n) is 7.48.